The molecule has 80 heavy (non-hydrogen) atoms. The maximum atomic E-state index is 13.4. The molecule has 0 aromatic heterocycles. The van der Waals surface area contributed by atoms with Gasteiger partial charge in [0.1, 0.15) is 24.4 Å². The van der Waals surface area contributed by atoms with Crippen LogP contribution in [0.15, 0.2) is 97.2 Å². The van der Waals surface area contributed by atoms with Gasteiger partial charge >= 0.3 is 5.97 Å². The molecule has 460 valence electrons. The number of amides is 1. The van der Waals surface area contributed by atoms with Crippen molar-refractivity contribution in [3.05, 3.63) is 97.2 Å². The summed E-state index contributed by atoms with van der Waals surface area (Å²) < 4.78 is 17.6. The Balaban J connectivity index is 2.63. The first-order chi connectivity index (χ1) is 39.2. The molecule has 1 amide bonds. The number of carbonyl (C=O) groups excluding carboxylic acids is 2. The van der Waals surface area contributed by atoms with Gasteiger partial charge in [0, 0.05) is 6.42 Å². The van der Waals surface area contributed by atoms with E-state index < -0.39 is 67.4 Å². The van der Waals surface area contributed by atoms with Gasteiger partial charge in [-0.2, -0.15) is 0 Å². The van der Waals surface area contributed by atoms with Gasteiger partial charge in [0.15, 0.2) is 12.4 Å². The van der Waals surface area contributed by atoms with Crippen molar-refractivity contribution in [3.63, 3.8) is 0 Å². The molecule has 0 spiro atoms. The third kappa shape index (κ3) is 43.3. The lowest BCUT2D eigenvalue weighted by Crippen LogP contribution is -2.61. The average Bonchev–Trinajstić information content (AvgIpc) is 3.51. The minimum absolute atomic E-state index is 0.0990. The quantitative estimate of drug-likeness (QED) is 0.0195. The molecule has 0 radical (unpaired) electrons. The maximum absolute atomic E-state index is 13.4. The molecule has 1 aliphatic rings. The lowest BCUT2D eigenvalue weighted by atomic mass is 9.99. The van der Waals surface area contributed by atoms with Gasteiger partial charge < -0.3 is 45.1 Å². The number of esters is 1. The van der Waals surface area contributed by atoms with Crippen LogP contribution in [0.25, 0.3) is 0 Å². The second-order valence-corrected chi connectivity index (χ2v) is 22.1. The fraction of sp³-hybridized carbons (Fsp3) is 0.739. The molecule has 0 bridgehead atoms. The zero-order valence-corrected chi connectivity index (χ0v) is 50.9. The molecule has 8 unspecified atom stereocenters. The summed E-state index contributed by atoms with van der Waals surface area (Å²) >= 11 is 0. The normalized spacial score (nSPS) is 19.4. The maximum Gasteiger partial charge on any atom is 0.306 e. The summed E-state index contributed by atoms with van der Waals surface area (Å²) in [4.78, 5) is 26.5. The molecule has 1 aliphatic heterocycles. The molecule has 1 heterocycles. The molecule has 1 fully saturated rings. The average molecular weight is 1120 g/mol. The van der Waals surface area contributed by atoms with Gasteiger partial charge in [-0.1, -0.05) is 253 Å². The van der Waals surface area contributed by atoms with Crippen LogP contribution in [0.3, 0.4) is 0 Å². The number of aliphatic hydroxyl groups is 5. The summed E-state index contributed by atoms with van der Waals surface area (Å²) in [6.45, 7) is 5.65. The topological polar surface area (TPSA) is 175 Å². The Hall–Kier alpha value is -3.42. The first-order valence-corrected chi connectivity index (χ1v) is 32.5. The number of nitrogens with one attached hydrogen (secondary N) is 1. The third-order valence-corrected chi connectivity index (χ3v) is 14.7. The van der Waals surface area contributed by atoms with Gasteiger partial charge in [-0.05, 0) is 103 Å². The van der Waals surface area contributed by atoms with Gasteiger partial charge in [-0.25, -0.2) is 0 Å². The Labute approximate surface area is 488 Å². The van der Waals surface area contributed by atoms with E-state index in [1.807, 2.05) is 6.08 Å². The van der Waals surface area contributed by atoms with Crippen LogP contribution in [0, 0.1) is 0 Å². The van der Waals surface area contributed by atoms with E-state index in [2.05, 4.69) is 111 Å². The van der Waals surface area contributed by atoms with Crippen LogP contribution in [-0.4, -0.2) is 99.6 Å². The minimum atomic E-state index is -1.62. The SMILES string of the molecule is CC/C=C\C/C=C\C/C=C\C/C=C\C/C=C\C/C=C\CCCCCCCCCC(O)C(=O)NC(COC1OC(CO)C(O)C(O)C1OC(=O)CCCCC/C=C\CCCCCCCC)C(O)/C=C/CCCCCCCCCCCC. The van der Waals surface area contributed by atoms with Crippen LogP contribution < -0.4 is 5.32 Å². The van der Waals surface area contributed by atoms with Crippen LogP contribution in [0.4, 0.5) is 0 Å². The van der Waals surface area contributed by atoms with Crippen LogP contribution in [0.5, 0.6) is 0 Å². The van der Waals surface area contributed by atoms with Crippen molar-refractivity contribution < 1.29 is 49.3 Å². The van der Waals surface area contributed by atoms with E-state index in [0.29, 0.717) is 12.8 Å². The van der Waals surface area contributed by atoms with Gasteiger partial charge in [-0.3, -0.25) is 9.59 Å². The second kappa shape index (κ2) is 56.1. The van der Waals surface area contributed by atoms with Crippen molar-refractivity contribution in [2.45, 2.75) is 314 Å². The lowest BCUT2D eigenvalue weighted by molar-refractivity contribution is -0.305. The monoisotopic (exact) mass is 1120 g/mol. The lowest BCUT2D eigenvalue weighted by Gasteiger charge is -2.41. The van der Waals surface area contributed by atoms with Crippen molar-refractivity contribution in [2.75, 3.05) is 13.2 Å². The third-order valence-electron chi connectivity index (χ3n) is 14.7. The zero-order valence-electron chi connectivity index (χ0n) is 50.9. The van der Waals surface area contributed by atoms with Crippen molar-refractivity contribution in [3.8, 4) is 0 Å². The van der Waals surface area contributed by atoms with Crippen LogP contribution in [-0.2, 0) is 23.8 Å². The Morgan fingerprint density at radius 1 is 0.500 bits per heavy atom. The highest BCUT2D eigenvalue weighted by atomic mass is 16.7. The second-order valence-electron chi connectivity index (χ2n) is 22.1. The minimum Gasteiger partial charge on any atom is -0.454 e. The molecule has 11 nitrogen and oxygen atoms in total. The molecular weight excluding hydrogens is 1000 g/mol. The standard InChI is InChI=1S/C69H119NO10/c1-4-7-10-13-16-19-22-25-26-27-28-29-30-31-32-33-34-35-36-37-39-41-44-47-50-53-56-62(73)68(77)70-60(61(72)55-52-49-46-43-40-24-21-18-15-12-9-6-3)59-78-69-67(66(76)65(75)63(58-71)79-69)80-64(74)57-54-51-48-45-42-38-23-20-17-14-11-8-5-2/h7,10,16,19,25-26,28-29,31-32,34-35,38,42,52,55,60-63,65-67,69,71-73,75-76H,4-6,8-9,11-15,17-18,20-24,27,30,33,36-37,39-41,43-51,53-54,56-59H2,1-3H3,(H,70,77)/b10-7-,19-16-,26-25-,29-28-,32-31-,35-34-,42-38-,55-52+. The predicted octanol–water partition coefficient (Wildman–Crippen LogP) is 15.9. The number of ether oxygens (including phenoxy) is 3. The van der Waals surface area contributed by atoms with Crippen molar-refractivity contribution in [1.29, 1.82) is 0 Å². The number of rotatable bonds is 54. The van der Waals surface area contributed by atoms with E-state index >= 15 is 0 Å². The van der Waals surface area contributed by atoms with Gasteiger partial charge in [0.25, 0.3) is 0 Å². The summed E-state index contributed by atoms with van der Waals surface area (Å²) in [6.07, 6.45) is 64.5. The fourth-order valence-electron chi connectivity index (χ4n) is 9.59. The van der Waals surface area contributed by atoms with Gasteiger partial charge in [-0.15, -0.1) is 0 Å². The van der Waals surface area contributed by atoms with Crippen molar-refractivity contribution in [1.82, 2.24) is 5.32 Å². The Kier molecular flexibility index (Phi) is 52.3. The summed E-state index contributed by atoms with van der Waals surface area (Å²) in [5.41, 5.74) is 0. The zero-order chi connectivity index (χ0) is 58.2. The van der Waals surface area contributed by atoms with E-state index in [-0.39, 0.29) is 19.4 Å². The Bertz CT molecular complexity index is 1670. The van der Waals surface area contributed by atoms with Crippen molar-refractivity contribution in [2.24, 2.45) is 0 Å². The van der Waals surface area contributed by atoms with Gasteiger partial charge in [0.2, 0.25) is 5.91 Å². The molecule has 0 saturated carbocycles. The first-order valence-electron chi connectivity index (χ1n) is 32.5. The molecule has 11 heteroatoms. The first kappa shape index (κ1) is 74.6. The highest BCUT2D eigenvalue weighted by Crippen LogP contribution is 2.26. The number of unbranched alkanes of at least 4 members (excludes halogenated alkanes) is 26. The Morgan fingerprint density at radius 2 is 0.900 bits per heavy atom. The summed E-state index contributed by atoms with van der Waals surface area (Å²) in [5, 5.41) is 57.0. The van der Waals surface area contributed by atoms with Crippen LogP contribution in [0.1, 0.15) is 265 Å². The molecular formula is C69H119NO10. The highest BCUT2D eigenvalue weighted by molar-refractivity contribution is 5.80. The summed E-state index contributed by atoms with van der Waals surface area (Å²) in [6, 6.07) is -1.04. The van der Waals surface area contributed by atoms with Crippen LogP contribution >= 0.6 is 0 Å². The molecule has 0 aliphatic carbocycles. The molecule has 0 aromatic carbocycles. The van der Waals surface area contributed by atoms with Crippen LogP contribution in [0.2, 0.25) is 0 Å². The van der Waals surface area contributed by atoms with Crippen molar-refractivity contribution >= 4 is 11.9 Å². The van der Waals surface area contributed by atoms with E-state index in [0.717, 1.165) is 122 Å². The molecule has 1 rings (SSSR count). The summed E-state index contributed by atoms with van der Waals surface area (Å²) in [5.74, 6) is -1.22. The predicted molar refractivity (Wildman–Crippen MR) is 333 cm³/mol. The smallest absolute Gasteiger partial charge is 0.306 e. The van der Waals surface area contributed by atoms with Gasteiger partial charge in [0.05, 0.1) is 25.4 Å². The fourth-order valence-corrected chi connectivity index (χ4v) is 9.59. The van der Waals surface area contributed by atoms with E-state index in [9.17, 15) is 35.1 Å². The number of aliphatic hydroxyl groups excluding tert-OH is 5. The van der Waals surface area contributed by atoms with E-state index in [1.165, 1.54) is 96.3 Å². The number of carbonyl (C=O) groups is 2. The van der Waals surface area contributed by atoms with E-state index in [4.69, 9.17) is 14.2 Å². The number of allylic oxidation sites excluding steroid dienone is 15. The molecule has 1 saturated heterocycles. The number of hydrogen-bond acceptors (Lipinski definition) is 10. The highest BCUT2D eigenvalue weighted by Gasteiger charge is 2.47. The largest absolute Gasteiger partial charge is 0.454 e. The summed E-state index contributed by atoms with van der Waals surface area (Å²) in [7, 11) is 0. The molecule has 6 N–H and O–H groups in total. The Morgan fingerprint density at radius 3 is 1.36 bits per heavy atom. The number of hydrogen-bond donors (Lipinski definition) is 6. The molecule has 0 aromatic rings. The van der Waals surface area contributed by atoms with E-state index in [1.54, 1.807) is 6.08 Å². The molecule has 8 atom stereocenters.